The highest BCUT2D eigenvalue weighted by Gasteiger charge is 2.36. The lowest BCUT2D eigenvalue weighted by Crippen LogP contribution is -2.54. The molecule has 10 heteroatoms. The molecular weight excluding hydrogens is 417 g/mol. The molecule has 2 amide bonds. The minimum atomic E-state index is -4.66. The van der Waals surface area contributed by atoms with Gasteiger partial charge >= 0.3 is 6.18 Å². The van der Waals surface area contributed by atoms with E-state index in [1.54, 1.807) is 24.3 Å². The molecule has 31 heavy (non-hydrogen) atoms. The minimum Gasteiger partial charge on any atom is -0.497 e. The number of hydrogen-bond acceptors (Lipinski definition) is 5. The Balaban J connectivity index is 1.79. The molecule has 1 atom stereocenters. The van der Waals surface area contributed by atoms with Gasteiger partial charge in [-0.3, -0.25) is 9.59 Å². The van der Waals surface area contributed by atoms with Crippen LogP contribution in [0.3, 0.4) is 0 Å². The maximum Gasteiger partial charge on any atom is 0.420 e. The highest BCUT2D eigenvalue weighted by molar-refractivity contribution is 5.98. The van der Waals surface area contributed by atoms with Crippen LogP contribution in [0.1, 0.15) is 11.1 Å². The number of morpholine rings is 1. The number of hydrogen-bond donors (Lipinski definition) is 1. The summed E-state index contributed by atoms with van der Waals surface area (Å²) >= 11 is 0. The molecule has 2 aromatic rings. The first-order chi connectivity index (χ1) is 14.7. The summed E-state index contributed by atoms with van der Waals surface area (Å²) < 4.78 is 54.8. The summed E-state index contributed by atoms with van der Waals surface area (Å²) in [5.74, 6) is -0.762. The molecule has 1 aliphatic heterocycles. The highest BCUT2D eigenvalue weighted by Crippen LogP contribution is 2.37. The number of nitrogens with zero attached hydrogens (tertiary/aromatic N) is 1. The van der Waals surface area contributed by atoms with Crippen molar-refractivity contribution in [2.24, 2.45) is 0 Å². The van der Waals surface area contributed by atoms with Crippen molar-refractivity contribution in [1.82, 2.24) is 4.90 Å². The number of rotatable bonds is 6. The number of benzene rings is 2. The molecule has 0 spiro atoms. The molecule has 0 unspecified atom stereocenters. The fourth-order valence-electron chi connectivity index (χ4n) is 3.18. The number of nitrogens with one attached hydrogen (secondary N) is 1. The second-order valence-electron chi connectivity index (χ2n) is 6.80. The maximum absolute atomic E-state index is 13.2. The Bertz CT molecular complexity index is 947. The summed E-state index contributed by atoms with van der Waals surface area (Å²) in [6.45, 7) is -0.114. The smallest absolute Gasteiger partial charge is 0.420 e. The van der Waals surface area contributed by atoms with Gasteiger partial charge in [-0.1, -0.05) is 12.1 Å². The lowest BCUT2D eigenvalue weighted by Gasteiger charge is -2.34. The quantitative estimate of drug-likeness (QED) is 0.750. The minimum absolute atomic E-state index is 0.0689. The Kier molecular flexibility index (Phi) is 6.69. The monoisotopic (exact) mass is 438 g/mol. The molecule has 1 N–H and O–H groups in total. The first-order valence-corrected chi connectivity index (χ1v) is 9.29. The fourth-order valence-corrected chi connectivity index (χ4v) is 3.18. The standard InChI is InChI=1S/C21H21F3N2O5/c1-29-15-6-3-13(4-7-15)10-26-17(11-31-12-19(26)27)20(28)25-14-5-8-18(30-2)16(9-14)21(22,23)24/h3-9,17H,10-12H2,1-2H3,(H,25,28)/t17-/m0/s1. The molecule has 0 aliphatic carbocycles. The predicted octanol–water partition coefficient (Wildman–Crippen LogP) is 3.09. The zero-order chi connectivity index (χ0) is 22.6. The van der Waals surface area contributed by atoms with Crippen LogP contribution in [0.15, 0.2) is 42.5 Å². The number of ether oxygens (including phenoxy) is 3. The number of amides is 2. The van der Waals surface area contributed by atoms with Crippen LogP contribution in [0.2, 0.25) is 0 Å². The van der Waals surface area contributed by atoms with Crippen LogP contribution in [0.4, 0.5) is 18.9 Å². The van der Waals surface area contributed by atoms with Gasteiger partial charge < -0.3 is 24.4 Å². The summed E-state index contributed by atoms with van der Waals surface area (Å²) in [7, 11) is 2.66. The Labute approximate surface area is 176 Å². The second-order valence-corrected chi connectivity index (χ2v) is 6.80. The Hall–Kier alpha value is -3.27. The van der Waals surface area contributed by atoms with E-state index in [2.05, 4.69) is 5.32 Å². The third-order valence-electron chi connectivity index (χ3n) is 4.78. The van der Waals surface area contributed by atoms with Crippen LogP contribution in [0.5, 0.6) is 11.5 Å². The van der Waals surface area contributed by atoms with Crippen molar-refractivity contribution in [3.8, 4) is 11.5 Å². The van der Waals surface area contributed by atoms with Gasteiger partial charge in [-0.25, -0.2) is 0 Å². The molecule has 0 radical (unpaired) electrons. The van der Waals surface area contributed by atoms with E-state index in [1.165, 1.54) is 18.1 Å². The average Bonchev–Trinajstić information content (AvgIpc) is 2.75. The summed E-state index contributed by atoms with van der Waals surface area (Å²) in [5.41, 5.74) is -0.322. The van der Waals surface area contributed by atoms with Gasteiger partial charge in [-0.15, -0.1) is 0 Å². The number of carbonyl (C=O) groups excluding carboxylic acids is 2. The van der Waals surface area contributed by atoms with Gasteiger partial charge in [0.25, 0.3) is 0 Å². The van der Waals surface area contributed by atoms with Gasteiger partial charge in [-0.2, -0.15) is 13.2 Å². The van der Waals surface area contributed by atoms with Gasteiger partial charge in [0.2, 0.25) is 11.8 Å². The zero-order valence-electron chi connectivity index (χ0n) is 16.9. The molecule has 0 saturated carbocycles. The summed E-state index contributed by atoms with van der Waals surface area (Å²) in [6, 6.07) is 9.18. The summed E-state index contributed by atoms with van der Waals surface area (Å²) in [4.78, 5) is 26.5. The molecule has 1 saturated heterocycles. The van der Waals surface area contributed by atoms with Crippen molar-refractivity contribution in [2.45, 2.75) is 18.8 Å². The van der Waals surface area contributed by atoms with E-state index in [9.17, 15) is 22.8 Å². The number of carbonyl (C=O) groups is 2. The number of methoxy groups -OCH3 is 2. The third-order valence-corrected chi connectivity index (χ3v) is 4.78. The second kappa shape index (κ2) is 9.25. The van der Waals surface area contributed by atoms with Crippen LogP contribution < -0.4 is 14.8 Å². The number of halogens is 3. The lowest BCUT2D eigenvalue weighted by atomic mass is 10.1. The fraction of sp³-hybridized carbons (Fsp3) is 0.333. The molecule has 1 heterocycles. The molecule has 1 aliphatic rings. The van der Waals surface area contributed by atoms with E-state index in [4.69, 9.17) is 14.2 Å². The van der Waals surface area contributed by atoms with Crippen LogP contribution in [-0.4, -0.2) is 50.2 Å². The van der Waals surface area contributed by atoms with Crippen LogP contribution in [-0.2, 0) is 27.0 Å². The average molecular weight is 438 g/mol. The van der Waals surface area contributed by atoms with Crippen molar-refractivity contribution in [3.63, 3.8) is 0 Å². The molecule has 0 aromatic heterocycles. The van der Waals surface area contributed by atoms with E-state index in [-0.39, 0.29) is 31.2 Å². The lowest BCUT2D eigenvalue weighted by molar-refractivity contribution is -0.154. The maximum atomic E-state index is 13.2. The van der Waals surface area contributed by atoms with E-state index >= 15 is 0 Å². The molecule has 2 aromatic carbocycles. The Morgan fingerprint density at radius 1 is 1.16 bits per heavy atom. The van der Waals surface area contributed by atoms with Crippen LogP contribution >= 0.6 is 0 Å². The van der Waals surface area contributed by atoms with Crippen LogP contribution in [0.25, 0.3) is 0 Å². The molecule has 3 rings (SSSR count). The molecule has 166 valence electrons. The van der Waals surface area contributed by atoms with Gasteiger partial charge in [-0.05, 0) is 35.9 Å². The molecular formula is C21H21F3N2O5. The number of anilines is 1. The van der Waals surface area contributed by atoms with Crippen molar-refractivity contribution in [3.05, 3.63) is 53.6 Å². The van der Waals surface area contributed by atoms with Crippen molar-refractivity contribution in [1.29, 1.82) is 0 Å². The van der Waals surface area contributed by atoms with E-state index in [0.29, 0.717) is 5.75 Å². The van der Waals surface area contributed by atoms with E-state index in [0.717, 1.165) is 24.8 Å². The normalized spacial score (nSPS) is 16.7. The van der Waals surface area contributed by atoms with Crippen molar-refractivity contribution >= 4 is 17.5 Å². The van der Waals surface area contributed by atoms with E-state index in [1.807, 2.05) is 0 Å². The Morgan fingerprint density at radius 3 is 2.48 bits per heavy atom. The zero-order valence-corrected chi connectivity index (χ0v) is 16.9. The van der Waals surface area contributed by atoms with Gasteiger partial charge in [0, 0.05) is 12.2 Å². The van der Waals surface area contributed by atoms with Gasteiger partial charge in [0.15, 0.2) is 0 Å². The predicted molar refractivity (Wildman–Crippen MR) is 105 cm³/mol. The SMILES string of the molecule is COc1ccc(CN2C(=O)COC[C@H]2C(=O)Nc2ccc(OC)c(C(F)(F)F)c2)cc1. The van der Waals surface area contributed by atoms with Gasteiger partial charge in [0.1, 0.15) is 24.1 Å². The first-order valence-electron chi connectivity index (χ1n) is 9.29. The van der Waals surface area contributed by atoms with Crippen molar-refractivity contribution in [2.75, 3.05) is 32.8 Å². The number of alkyl halides is 3. The van der Waals surface area contributed by atoms with Crippen LogP contribution in [0, 0.1) is 0 Å². The van der Waals surface area contributed by atoms with Crippen molar-refractivity contribution < 1.29 is 37.0 Å². The molecule has 1 fully saturated rings. The Morgan fingerprint density at radius 2 is 1.87 bits per heavy atom. The topological polar surface area (TPSA) is 77.1 Å². The first kappa shape index (κ1) is 22.4. The van der Waals surface area contributed by atoms with Gasteiger partial charge in [0.05, 0.1) is 26.4 Å². The molecule has 0 bridgehead atoms. The largest absolute Gasteiger partial charge is 0.497 e. The third kappa shape index (κ3) is 5.26. The summed E-state index contributed by atoms with van der Waals surface area (Å²) in [6.07, 6.45) is -4.66. The highest BCUT2D eigenvalue weighted by atomic mass is 19.4. The molecule has 7 nitrogen and oxygen atoms in total. The van der Waals surface area contributed by atoms with E-state index < -0.39 is 29.6 Å². The summed E-state index contributed by atoms with van der Waals surface area (Å²) in [5, 5.41) is 2.44.